The molecule has 0 bridgehead atoms. The molecule has 4 N–H and O–H groups in total. The highest BCUT2D eigenvalue weighted by Crippen LogP contribution is 2.36. The summed E-state index contributed by atoms with van der Waals surface area (Å²) in [5, 5.41) is 0. The van der Waals surface area contributed by atoms with E-state index >= 15 is 0 Å². The van der Waals surface area contributed by atoms with Gasteiger partial charge in [-0.25, -0.2) is 4.99 Å². The van der Waals surface area contributed by atoms with Gasteiger partial charge < -0.3 is 16.2 Å². The number of methoxy groups -OCH3 is 1. The summed E-state index contributed by atoms with van der Waals surface area (Å²) in [7, 11) is 1.67. The Labute approximate surface area is 182 Å². The molecule has 0 fully saturated rings. The zero-order valence-electron chi connectivity index (χ0n) is 18.6. The van der Waals surface area contributed by atoms with Gasteiger partial charge in [0, 0.05) is 0 Å². The molecule has 0 radical (unpaired) electrons. The molecule has 1 aromatic carbocycles. The maximum atomic E-state index is 6.30. The van der Waals surface area contributed by atoms with Crippen LogP contribution in [0.4, 0.5) is 5.69 Å². The number of aliphatic imine (C=N–C) groups is 2. The first-order valence-electron chi connectivity index (χ1n) is 10.4. The number of anilines is 1. The van der Waals surface area contributed by atoms with Crippen molar-refractivity contribution in [2.24, 2.45) is 21.5 Å². The molecular formula is C22H38ClN5O. The molecule has 1 unspecified atom stereocenters. The molecule has 0 spiro atoms. The Balaban J connectivity index is 0.00000420. The van der Waals surface area contributed by atoms with Crippen LogP contribution in [0.15, 0.2) is 28.2 Å². The van der Waals surface area contributed by atoms with E-state index < -0.39 is 0 Å². The summed E-state index contributed by atoms with van der Waals surface area (Å²) < 4.78 is 5.63. The Bertz CT molecular complexity index is 712. The standard InChI is InChI=1S/C22H37N5O.ClH/c1-6-7-8-9-10-11-12-19-25-20(23)26-21(24)27(19)17-15-16(22(2,3)4)13-14-18(17)28-5;/h13-15,19H,6-12H2,1-5H3,(H4,23,24,25,26);1H. The lowest BCUT2D eigenvalue weighted by atomic mass is 9.86. The zero-order valence-corrected chi connectivity index (χ0v) is 19.4. The highest BCUT2D eigenvalue weighted by Gasteiger charge is 2.29. The van der Waals surface area contributed by atoms with Gasteiger partial charge in [-0.15, -0.1) is 12.4 Å². The van der Waals surface area contributed by atoms with E-state index in [1.54, 1.807) is 7.11 Å². The second-order valence-corrected chi connectivity index (χ2v) is 8.50. The maximum Gasteiger partial charge on any atom is 0.220 e. The summed E-state index contributed by atoms with van der Waals surface area (Å²) in [4.78, 5) is 10.8. The van der Waals surface area contributed by atoms with Gasteiger partial charge in [0.2, 0.25) is 11.9 Å². The molecule has 0 aromatic heterocycles. The third kappa shape index (κ3) is 6.81. The SMILES string of the molecule is CCCCCCCCC1N=C(N)N=C(N)N1c1cc(C(C)(C)C)ccc1OC.Cl. The van der Waals surface area contributed by atoms with Crippen LogP contribution in [0.3, 0.4) is 0 Å². The minimum absolute atomic E-state index is 0. The summed E-state index contributed by atoms with van der Waals surface area (Å²) in [5.41, 5.74) is 14.3. The molecule has 6 nitrogen and oxygen atoms in total. The van der Waals surface area contributed by atoms with Crippen molar-refractivity contribution in [2.45, 2.75) is 84.2 Å². The van der Waals surface area contributed by atoms with Crippen LogP contribution < -0.4 is 21.1 Å². The van der Waals surface area contributed by atoms with E-state index in [-0.39, 0.29) is 29.9 Å². The van der Waals surface area contributed by atoms with Gasteiger partial charge in [0.25, 0.3) is 0 Å². The Morgan fingerprint density at radius 1 is 1.07 bits per heavy atom. The smallest absolute Gasteiger partial charge is 0.220 e. The first-order chi connectivity index (χ1) is 13.3. The molecule has 29 heavy (non-hydrogen) atoms. The van der Waals surface area contributed by atoms with Gasteiger partial charge in [-0.05, 0) is 36.0 Å². The summed E-state index contributed by atoms with van der Waals surface area (Å²) >= 11 is 0. The number of hydrogen-bond donors (Lipinski definition) is 2. The van der Waals surface area contributed by atoms with Gasteiger partial charge in [0.05, 0.1) is 12.8 Å². The third-order valence-corrected chi connectivity index (χ3v) is 5.18. The average molecular weight is 424 g/mol. The Hall–Kier alpha value is -1.95. The van der Waals surface area contributed by atoms with Crippen molar-refractivity contribution in [1.82, 2.24) is 0 Å². The molecule has 164 valence electrons. The molecule has 1 heterocycles. The van der Waals surface area contributed by atoms with E-state index in [0.717, 1.165) is 24.3 Å². The summed E-state index contributed by atoms with van der Waals surface area (Å²) in [5.74, 6) is 1.37. The van der Waals surface area contributed by atoms with E-state index in [9.17, 15) is 0 Å². The van der Waals surface area contributed by atoms with Crippen molar-refractivity contribution in [3.05, 3.63) is 23.8 Å². The highest BCUT2D eigenvalue weighted by molar-refractivity contribution is 6.05. The van der Waals surface area contributed by atoms with Crippen molar-refractivity contribution in [3.8, 4) is 5.75 Å². The molecule has 1 atom stereocenters. The normalized spacial score (nSPS) is 16.7. The fourth-order valence-corrected chi connectivity index (χ4v) is 3.49. The summed E-state index contributed by atoms with van der Waals surface area (Å²) in [6.07, 6.45) is 8.10. The van der Waals surface area contributed by atoms with Crippen LogP contribution in [-0.4, -0.2) is 25.2 Å². The van der Waals surface area contributed by atoms with E-state index in [0.29, 0.717) is 5.96 Å². The van der Waals surface area contributed by atoms with Crippen molar-refractivity contribution in [1.29, 1.82) is 0 Å². The number of hydrogen-bond acceptors (Lipinski definition) is 6. The Morgan fingerprint density at radius 3 is 2.34 bits per heavy atom. The molecule has 7 heteroatoms. The average Bonchev–Trinajstić information content (AvgIpc) is 2.63. The minimum atomic E-state index is -0.159. The van der Waals surface area contributed by atoms with Gasteiger partial charge in [-0.3, -0.25) is 4.90 Å². The van der Waals surface area contributed by atoms with Crippen LogP contribution in [0, 0.1) is 0 Å². The van der Waals surface area contributed by atoms with Gasteiger partial charge in [-0.1, -0.05) is 65.9 Å². The Morgan fingerprint density at radius 2 is 1.72 bits per heavy atom. The second kappa shape index (κ2) is 11.3. The molecule has 0 aliphatic carbocycles. The maximum absolute atomic E-state index is 6.30. The predicted molar refractivity (Wildman–Crippen MR) is 126 cm³/mol. The molecule has 0 saturated carbocycles. The molecule has 1 aliphatic heterocycles. The van der Waals surface area contributed by atoms with Crippen LogP contribution >= 0.6 is 12.4 Å². The molecule has 1 aromatic rings. The largest absolute Gasteiger partial charge is 0.495 e. The fraction of sp³-hybridized carbons (Fsp3) is 0.636. The quantitative estimate of drug-likeness (QED) is 0.550. The second-order valence-electron chi connectivity index (χ2n) is 8.50. The van der Waals surface area contributed by atoms with Crippen molar-refractivity contribution in [3.63, 3.8) is 0 Å². The fourth-order valence-electron chi connectivity index (χ4n) is 3.49. The first-order valence-corrected chi connectivity index (χ1v) is 10.4. The van der Waals surface area contributed by atoms with Crippen molar-refractivity contribution in [2.75, 3.05) is 12.0 Å². The summed E-state index contributed by atoms with van der Waals surface area (Å²) in [6, 6.07) is 6.22. The predicted octanol–water partition coefficient (Wildman–Crippen LogP) is 4.94. The number of nitrogens with two attached hydrogens (primary N) is 2. The van der Waals surface area contributed by atoms with E-state index in [1.807, 2.05) is 11.0 Å². The lowest BCUT2D eigenvalue weighted by molar-refractivity contribution is 0.413. The number of nitrogens with zero attached hydrogens (tertiary/aromatic N) is 3. The van der Waals surface area contributed by atoms with E-state index in [1.165, 1.54) is 37.7 Å². The number of ether oxygens (including phenoxy) is 1. The monoisotopic (exact) mass is 423 g/mol. The lowest BCUT2D eigenvalue weighted by Crippen LogP contribution is -2.48. The van der Waals surface area contributed by atoms with Gasteiger partial charge >= 0.3 is 0 Å². The zero-order chi connectivity index (χ0) is 20.7. The van der Waals surface area contributed by atoms with Gasteiger partial charge in [0.1, 0.15) is 11.9 Å². The van der Waals surface area contributed by atoms with Crippen molar-refractivity contribution >= 4 is 30.0 Å². The molecule has 1 aliphatic rings. The molecular weight excluding hydrogens is 386 g/mol. The van der Waals surface area contributed by atoms with Crippen LogP contribution in [0.1, 0.15) is 78.2 Å². The van der Waals surface area contributed by atoms with Gasteiger partial charge in [0.15, 0.2) is 0 Å². The Kier molecular flexibility index (Phi) is 9.77. The van der Waals surface area contributed by atoms with Crippen LogP contribution in [0.5, 0.6) is 5.75 Å². The first kappa shape index (κ1) is 25.1. The lowest BCUT2D eigenvalue weighted by Gasteiger charge is -2.34. The topological polar surface area (TPSA) is 89.2 Å². The number of halogens is 1. The van der Waals surface area contributed by atoms with Crippen LogP contribution in [-0.2, 0) is 5.41 Å². The number of rotatable bonds is 9. The minimum Gasteiger partial charge on any atom is -0.495 e. The number of guanidine groups is 2. The van der Waals surface area contributed by atoms with Crippen molar-refractivity contribution < 1.29 is 4.74 Å². The molecule has 0 amide bonds. The van der Waals surface area contributed by atoms with Gasteiger partial charge in [-0.2, -0.15) is 4.99 Å². The van der Waals surface area contributed by atoms with Crippen LogP contribution in [0.2, 0.25) is 0 Å². The molecule has 2 rings (SSSR count). The summed E-state index contributed by atoms with van der Waals surface area (Å²) in [6.45, 7) is 8.81. The van der Waals surface area contributed by atoms with E-state index in [2.05, 4.69) is 49.8 Å². The number of benzene rings is 1. The number of unbranched alkanes of at least 4 members (excludes halogenated alkanes) is 5. The van der Waals surface area contributed by atoms with E-state index in [4.69, 9.17) is 16.2 Å². The molecule has 0 saturated heterocycles. The highest BCUT2D eigenvalue weighted by atomic mass is 35.5. The van der Waals surface area contributed by atoms with Crippen LogP contribution in [0.25, 0.3) is 0 Å². The third-order valence-electron chi connectivity index (χ3n) is 5.18.